The third-order valence-corrected chi connectivity index (χ3v) is 9.98. The van der Waals surface area contributed by atoms with Crippen molar-refractivity contribution < 1.29 is 19.7 Å². The standard InChI is InChI=1S/C46H42O4/c1-31-9-7-11-33-27-35(15-19-40(31)33)42-29-38(17-21-44(42)49-25-23-47)46(3,37-13-5-4-6-14-37)39-18-22-45(50-26-24-48)43(30-39)36-16-20-41-32(2)10-8-12-34(41)28-36/h4-22,27-30,47-48H,23-26H2,1-3H3. The summed E-state index contributed by atoms with van der Waals surface area (Å²) in [6.07, 6.45) is 0. The van der Waals surface area contributed by atoms with Crippen molar-refractivity contribution in [3.8, 4) is 33.8 Å². The Morgan fingerprint density at radius 2 is 0.960 bits per heavy atom. The molecule has 7 aromatic rings. The molecule has 7 rings (SSSR count). The Morgan fingerprint density at radius 1 is 0.480 bits per heavy atom. The topological polar surface area (TPSA) is 58.9 Å². The monoisotopic (exact) mass is 658 g/mol. The molecule has 0 aliphatic heterocycles. The van der Waals surface area contributed by atoms with Crippen LogP contribution in [0, 0.1) is 13.8 Å². The molecule has 50 heavy (non-hydrogen) atoms. The van der Waals surface area contributed by atoms with Gasteiger partial charge >= 0.3 is 0 Å². The average molecular weight is 659 g/mol. The number of aliphatic hydroxyl groups is 2. The van der Waals surface area contributed by atoms with Gasteiger partial charge in [-0.05, 0) is 118 Å². The summed E-state index contributed by atoms with van der Waals surface area (Å²) in [6.45, 7) is 6.83. The van der Waals surface area contributed by atoms with Crippen LogP contribution in [0.15, 0.2) is 140 Å². The van der Waals surface area contributed by atoms with Crippen LogP contribution in [-0.2, 0) is 5.41 Å². The molecule has 0 heterocycles. The number of aliphatic hydroxyl groups excluding tert-OH is 2. The van der Waals surface area contributed by atoms with Gasteiger partial charge in [-0.2, -0.15) is 0 Å². The molecule has 0 bridgehead atoms. The van der Waals surface area contributed by atoms with Gasteiger partial charge in [-0.25, -0.2) is 0 Å². The number of ether oxygens (including phenoxy) is 2. The molecule has 0 aromatic heterocycles. The molecule has 0 atom stereocenters. The minimum absolute atomic E-state index is 0.0678. The molecule has 0 aliphatic carbocycles. The lowest BCUT2D eigenvalue weighted by Crippen LogP contribution is -2.25. The normalized spacial score (nSPS) is 11.6. The van der Waals surface area contributed by atoms with Crippen LogP contribution in [0.1, 0.15) is 34.7 Å². The first-order valence-electron chi connectivity index (χ1n) is 17.2. The fraction of sp³-hybridized carbons (Fsp3) is 0.174. The summed E-state index contributed by atoms with van der Waals surface area (Å²) >= 11 is 0. The van der Waals surface area contributed by atoms with E-state index in [4.69, 9.17) is 9.47 Å². The molecule has 0 amide bonds. The van der Waals surface area contributed by atoms with Gasteiger partial charge in [0.25, 0.3) is 0 Å². The fourth-order valence-electron chi connectivity index (χ4n) is 7.19. The van der Waals surface area contributed by atoms with E-state index in [1.807, 2.05) is 18.2 Å². The minimum atomic E-state index is -0.573. The Labute approximate surface area is 294 Å². The van der Waals surface area contributed by atoms with E-state index in [9.17, 15) is 10.2 Å². The first kappa shape index (κ1) is 33.1. The Morgan fingerprint density at radius 3 is 1.42 bits per heavy atom. The second-order valence-corrected chi connectivity index (χ2v) is 13.1. The summed E-state index contributed by atoms with van der Waals surface area (Å²) in [5.41, 5.74) is 9.28. The van der Waals surface area contributed by atoms with Crippen molar-refractivity contribution in [1.29, 1.82) is 0 Å². The van der Waals surface area contributed by atoms with Crippen molar-refractivity contribution in [2.45, 2.75) is 26.2 Å². The average Bonchev–Trinajstić information content (AvgIpc) is 3.16. The molecule has 0 spiro atoms. The molecule has 0 saturated heterocycles. The summed E-state index contributed by atoms with van der Waals surface area (Å²) in [5, 5.41) is 24.1. The maximum Gasteiger partial charge on any atom is 0.127 e. The van der Waals surface area contributed by atoms with Crippen LogP contribution >= 0.6 is 0 Å². The Kier molecular flexibility index (Phi) is 9.40. The van der Waals surface area contributed by atoms with E-state index >= 15 is 0 Å². The number of rotatable bonds is 11. The summed E-state index contributed by atoms with van der Waals surface area (Å²) < 4.78 is 12.3. The molecule has 4 nitrogen and oxygen atoms in total. The van der Waals surface area contributed by atoms with Crippen LogP contribution in [0.25, 0.3) is 43.8 Å². The van der Waals surface area contributed by atoms with Crippen molar-refractivity contribution in [2.75, 3.05) is 26.4 Å². The van der Waals surface area contributed by atoms with Gasteiger partial charge in [0.15, 0.2) is 0 Å². The van der Waals surface area contributed by atoms with Gasteiger partial charge < -0.3 is 19.7 Å². The van der Waals surface area contributed by atoms with Crippen LogP contribution < -0.4 is 9.47 Å². The Hall–Kier alpha value is -5.42. The van der Waals surface area contributed by atoms with E-state index in [1.54, 1.807) is 0 Å². The Balaban J connectivity index is 1.44. The van der Waals surface area contributed by atoms with E-state index in [2.05, 4.69) is 142 Å². The van der Waals surface area contributed by atoms with Gasteiger partial charge in [0.2, 0.25) is 0 Å². The summed E-state index contributed by atoms with van der Waals surface area (Å²) in [5.74, 6) is 1.45. The van der Waals surface area contributed by atoms with Crippen molar-refractivity contribution >= 4 is 21.5 Å². The van der Waals surface area contributed by atoms with Crippen LogP contribution in [0.2, 0.25) is 0 Å². The molecular formula is C46H42O4. The molecule has 4 heteroatoms. The third-order valence-electron chi connectivity index (χ3n) is 9.98. The summed E-state index contributed by atoms with van der Waals surface area (Å²) in [6, 6.07) is 49.3. The lowest BCUT2D eigenvalue weighted by atomic mass is 9.70. The molecule has 250 valence electrons. The first-order chi connectivity index (χ1) is 24.4. The van der Waals surface area contributed by atoms with Crippen molar-refractivity contribution in [2.24, 2.45) is 0 Å². The number of hydrogen-bond acceptors (Lipinski definition) is 4. The highest BCUT2D eigenvalue weighted by molar-refractivity contribution is 5.92. The van der Waals surface area contributed by atoms with Gasteiger partial charge in [-0.3, -0.25) is 0 Å². The second kappa shape index (κ2) is 14.2. The highest BCUT2D eigenvalue weighted by atomic mass is 16.5. The highest BCUT2D eigenvalue weighted by Gasteiger charge is 2.33. The van der Waals surface area contributed by atoms with Gasteiger partial charge in [-0.15, -0.1) is 0 Å². The van der Waals surface area contributed by atoms with Gasteiger partial charge in [0, 0.05) is 16.5 Å². The first-order valence-corrected chi connectivity index (χ1v) is 17.2. The lowest BCUT2D eigenvalue weighted by Gasteiger charge is -2.33. The number of hydrogen-bond donors (Lipinski definition) is 2. The van der Waals surface area contributed by atoms with E-state index in [0.717, 1.165) is 50.4 Å². The van der Waals surface area contributed by atoms with Crippen molar-refractivity contribution in [1.82, 2.24) is 0 Å². The van der Waals surface area contributed by atoms with Crippen molar-refractivity contribution in [3.63, 3.8) is 0 Å². The quantitative estimate of drug-likeness (QED) is 0.136. The zero-order valence-corrected chi connectivity index (χ0v) is 28.8. The van der Waals surface area contributed by atoms with Crippen LogP contribution in [-0.4, -0.2) is 36.6 Å². The SMILES string of the molecule is Cc1cccc2cc(-c3cc(C(C)(c4ccccc4)c4ccc(OCCO)c(-c5ccc6c(C)cccc6c5)c4)ccc3OCCO)ccc12. The maximum atomic E-state index is 9.66. The maximum absolute atomic E-state index is 9.66. The van der Waals surface area contributed by atoms with E-state index in [-0.39, 0.29) is 26.4 Å². The summed E-state index contributed by atoms with van der Waals surface area (Å²) in [7, 11) is 0. The molecule has 7 aromatic carbocycles. The van der Waals surface area contributed by atoms with E-state index in [0.29, 0.717) is 0 Å². The number of benzene rings is 7. The largest absolute Gasteiger partial charge is 0.491 e. The molecule has 0 unspecified atom stereocenters. The molecule has 0 radical (unpaired) electrons. The third kappa shape index (κ3) is 6.24. The van der Waals surface area contributed by atoms with Gasteiger partial charge in [0.1, 0.15) is 24.7 Å². The zero-order chi connectivity index (χ0) is 34.7. The Bertz CT molecular complexity index is 2150. The van der Waals surface area contributed by atoms with Crippen molar-refractivity contribution in [3.05, 3.63) is 167 Å². The molecular weight excluding hydrogens is 617 g/mol. The number of fused-ring (bicyclic) bond motifs is 2. The van der Waals surface area contributed by atoms with Crippen LogP contribution in [0.4, 0.5) is 0 Å². The predicted octanol–water partition coefficient (Wildman–Crippen LogP) is 10.0. The zero-order valence-electron chi connectivity index (χ0n) is 28.8. The van der Waals surface area contributed by atoms with Crippen LogP contribution in [0.3, 0.4) is 0 Å². The fourth-order valence-corrected chi connectivity index (χ4v) is 7.19. The highest BCUT2D eigenvalue weighted by Crippen LogP contribution is 2.45. The number of aryl methyl sites for hydroxylation is 2. The van der Waals surface area contributed by atoms with Crippen LogP contribution in [0.5, 0.6) is 11.5 Å². The summed E-state index contributed by atoms with van der Waals surface area (Å²) in [4.78, 5) is 0. The minimum Gasteiger partial charge on any atom is -0.491 e. The van der Waals surface area contributed by atoms with E-state index in [1.165, 1.54) is 32.7 Å². The molecule has 0 fully saturated rings. The predicted molar refractivity (Wildman–Crippen MR) is 205 cm³/mol. The smallest absolute Gasteiger partial charge is 0.127 e. The van der Waals surface area contributed by atoms with Gasteiger partial charge in [0.05, 0.1) is 13.2 Å². The molecule has 0 saturated carbocycles. The lowest BCUT2D eigenvalue weighted by molar-refractivity contribution is 0.202. The van der Waals surface area contributed by atoms with E-state index < -0.39 is 5.41 Å². The molecule has 0 aliphatic rings. The molecule has 2 N–H and O–H groups in total. The van der Waals surface area contributed by atoms with Gasteiger partial charge in [-0.1, -0.05) is 103 Å². The second-order valence-electron chi connectivity index (χ2n) is 13.1.